The van der Waals surface area contributed by atoms with Gasteiger partial charge in [-0.05, 0) is 6.42 Å². The maximum Gasteiger partial charge on any atom is 0.229 e. The molecule has 0 N–H and O–H groups in total. The molecule has 0 fully saturated rings. The van der Waals surface area contributed by atoms with Gasteiger partial charge in [-0.25, -0.2) is 8.42 Å². The molecule has 0 radical (unpaired) electrons. The maximum atomic E-state index is 10.8. The van der Waals surface area contributed by atoms with Crippen molar-refractivity contribution in [3.8, 4) is 6.07 Å². The normalized spacial score (nSPS) is 17.4. The molecule has 0 heterocycles. The van der Waals surface area contributed by atoms with Gasteiger partial charge in [-0.3, -0.25) is 0 Å². The van der Waals surface area contributed by atoms with Crippen LogP contribution in [0, 0.1) is 11.3 Å². The molecule has 0 aromatic heterocycles. The van der Waals surface area contributed by atoms with Gasteiger partial charge in [-0.15, -0.1) is 0 Å². The Hall–Kier alpha value is -0.270. The Balaban J connectivity index is 4.92. The summed E-state index contributed by atoms with van der Waals surface area (Å²) in [6.07, 6.45) is 1.05. The zero-order valence-electron chi connectivity index (χ0n) is 5.76. The zero-order valence-corrected chi connectivity index (χ0v) is 7.33. The maximum absolute atomic E-state index is 10.8. The van der Waals surface area contributed by atoms with Crippen molar-refractivity contribution in [1.82, 2.24) is 0 Å². The first-order chi connectivity index (χ1) is 4.37. The average Bonchev–Trinajstić information content (AvgIpc) is 1.84. The van der Waals surface area contributed by atoms with E-state index >= 15 is 0 Å². The Kier molecular flexibility index (Phi) is 2.69. The minimum Gasteiger partial charge on any atom is -0.226 e. The molecule has 0 aromatic carbocycles. The van der Waals surface area contributed by atoms with E-state index in [0.29, 0.717) is 0 Å². The first-order valence-electron chi connectivity index (χ1n) is 2.67. The summed E-state index contributed by atoms with van der Waals surface area (Å²) < 4.78 is 19.8. The molecular formula is C5H8ClNO2S. The number of hydrogen-bond acceptors (Lipinski definition) is 3. The van der Waals surface area contributed by atoms with E-state index < -0.39 is 14.0 Å². The molecule has 1 atom stereocenters. The fourth-order valence-corrected chi connectivity index (χ4v) is 1.11. The summed E-state index contributed by atoms with van der Waals surface area (Å²) in [6, 6.07) is 1.55. The molecule has 3 nitrogen and oxygen atoms in total. The van der Waals surface area contributed by atoms with Crippen molar-refractivity contribution in [2.24, 2.45) is 0 Å². The van der Waals surface area contributed by atoms with E-state index in [4.69, 9.17) is 16.9 Å². The second kappa shape index (κ2) is 2.77. The lowest BCUT2D eigenvalue weighted by Gasteiger charge is -2.12. The van der Waals surface area contributed by atoms with Gasteiger partial charge in [0.1, 0.15) is 6.07 Å². The number of nitrogens with zero attached hydrogens (tertiary/aromatic N) is 1. The van der Waals surface area contributed by atoms with Gasteiger partial charge in [-0.1, -0.05) is 18.5 Å². The molecule has 0 bridgehead atoms. The van der Waals surface area contributed by atoms with E-state index in [9.17, 15) is 8.42 Å². The Morgan fingerprint density at radius 1 is 1.70 bits per heavy atom. The lowest BCUT2D eigenvalue weighted by Crippen LogP contribution is -2.28. The number of hydrogen-bond donors (Lipinski definition) is 0. The zero-order chi connectivity index (χ0) is 8.41. The third-order valence-corrected chi connectivity index (χ3v) is 3.96. The fourth-order valence-electron chi connectivity index (χ4n) is 0.424. The van der Waals surface area contributed by atoms with Crippen LogP contribution in [0.1, 0.15) is 13.3 Å². The standard InChI is InChI=1S/C5H8ClNO2S/c1-3-5(6,4-7)10(2,8)9/h3H2,1-2H3. The van der Waals surface area contributed by atoms with Crippen LogP contribution in [0.15, 0.2) is 0 Å². The van der Waals surface area contributed by atoms with Crippen molar-refractivity contribution >= 4 is 21.4 Å². The predicted molar refractivity (Wildman–Crippen MR) is 39.3 cm³/mol. The first kappa shape index (κ1) is 9.73. The molecule has 1 unspecified atom stereocenters. The Morgan fingerprint density at radius 3 is 2.10 bits per heavy atom. The van der Waals surface area contributed by atoms with E-state index in [1.54, 1.807) is 13.0 Å². The minimum absolute atomic E-state index is 0.101. The van der Waals surface area contributed by atoms with Gasteiger partial charge in [0.05, 0.1) is 0 Å². The smallest absolute Gasteiger partial charge is 0.226 e. The second-order valence-corrected chi connectivity index (χ2v) is 5.08. The molecule has 0 amide bonds. The van der Waals surface area contributed by atoms with Gasteiger partial charge in [0.25, 0.3) is 0 Å². The molecule has 0 aliphatic carbocycles. The molecule has 58 valence electrons. The highest BCUT2D eigenvalue weighted by molar-refractivity contribution is 7.93. The highest BCUT2D eigenvalue weighted by atomic mass is 35.5. The van der Waals surface area contributed by atoms with Gasteiger partial charge >= 0.3 is 0 Å². The number of halogens is 1. The quantitative estimate of drug-likeness (QED) is 0.595. The van der Waals surface area contributed by atoms with E-state index in [0.717, 1.165) is 6.26 Å². The van der Waals surface area contributed by atoms with Crippen LogP contribution in [0.4, 0.5) is 0 Å². The molecule has 0 saturated heterocycles. The van der Waals surface area contributed by atoms with Crippen LogP contribution in [0.3, 0.4) is 0 Å². The minimum atomic E-state index is -3.46. The third-order valence-electron chi connectivity index (χ3n) is 1.21. The Bertz CT molecular complexity index is 253. The summed E-state index contributed by atoms with van der Waals surface area (Å²) in [5.41, 5.74) is 0. The van der Waals surface area contributed by atoms with Gasteiger partial charge in [-0.2, -0.15) is 5.26 Å². The van der Waals surface area contributed by atoms with Crippen molar-refractivity contribution in [2.45, 2.75) is 17.6 Å². The SMILES string of the molecule is CCC(Cl)(C#N)S(C)(=O)=O. The van der Waals surface area contributed by atoms with Crippen molar-refractivity contribution < 1.29 is 8.42 Å². The van der Waals surface area contributed by atoms with Crippen LogP contribution in [0.25, 0.3) is 0 Å². The summed E-state index contributed by atoms with van der Waals surface area (Å²) >= 11 is 5.44. The first-order valence-corrected chi connectivity index (χ1v) is 4.94. The summed E-state index contributed by atoms with van der Waals surface area (Å²) in [7, 11) is -3.46. The van der Waals surface area contributed by atoms with Crippen LogP contribution < -0.4 is 0 Å². The highest BCUT2D eigenvalue weighted by Crippen LogP contribution is 2.24. The fraction of sp³-hybridized carbons (Fsp3) is 0.800. The van der Waals surface area contributed by atoms with Crippen molar-refractivity contribution in [2.75, 3.05) is 6.26 Å². The predicted octanol–water partition coefficient (Wildman–Crippen LogP) is 0.900. The molecule has 5 heteroatoms. The average molecular weight is 182 g/mol. The van der Waals surface area contributed by atoms with Crippen LogP contribution in [0.2, 0.25) is 0 Å². The number of nitriles is 1. The van der Waals surface area contributed by atoms with E-state index in [1.165, 1.54) is 0 Å². The van der Waals surface area contributed by atoms with E-state index in [2.05, 4.69) is 0 Å². The lowest BCUT2D eigenvalue weighted by atomic mass is 10.3. The molecule has 0 spiro atoms. The van der Waals surface area contributed by atoms with Crippen molar-refractivity contribution in [1.29, 1.82) is 5.26 Å². The van der Waals surface area contributed by atoms with Crippen molar-refractivity contribution in [3.63, 3.8) is 0 Å². The lowest BCUT2D eigenvalue weighted by molar-refractivity contribution is 0.587. The van der Waals surface area contributed by atoms with Gasteiger partial charge in [0.2, 0.25) is 4.21 Å². The van der Waals surface area contributed by atoms with Gasteiger partial charge < -0.3 is 0 Å². The summed E-state index contributed by atoms with van der Waals surface area (Å²) in [5.74, 6) is 0. The Labute approximate surface area is 65.5 Å². The Morgan fingerprint density at radius 2 is 2.10 bits per heavy atom. The molecular weight excluding hydrogens is 174 g/mol. The summed E-state index contributed by atoms with van der Waals surface area (Å²) in [5, 5.41) is 8.36. The monoisotopic (exact) mass is 181 g/mol. The van der Waals surface area contributed by atoms with E-state index in [-0.39, 0.29) is 6.42 Å². The molecule has 0 rings (SSSR count). The highest BCUT2D eigenvalue weighted by Gasteiger charge is 2.36. The van der Waals surface area contributed by atoms with Crippen molar-refractivity contribution in [3.05, 3.63) is 0 Å². The molecule has 0 aliphatic heterocycles. The van der Waals surface area contributed by atoms with Crippen LogP contribution in [-0.4, -0.2) is 18.9 Å². The molecule has 0 aliphatic rings. The largest absolute Gasteiger partial charge is 0.229 e. The third kappa shape index (κ3) is 1.61. The second-order valence-electron chi connectivity index (χ2n) is 1.97. The van der Waals surface area contributed by atoms with Crippen LogP contribution >= 0.6 is 11.6 Å². The van der Waals surface area contributed by atoms with Gasteiger partial charge in [0, 0.05) is 6.26 Å². The topological polar surface area (TPSA) is 57.9 Å². The van der Waals surface area contributed by atoms with Crippen LogP contribution in [-0.2, 0) is 9.84 Å². The number of rotatable bonds is 2. The summed E-state index contributed by atoms with van der Waals surface area (Å²) in [6.45, 7) is 1.55. The molecule has 10 heavy (non-hydrogen) atoms. The molecule has 0 saturated carbocycles. The number of alkyl halides is 1. The molecule has 0 aromatic rings. The van der Waals surface area contributed by atoms with E-state index in [1.807, 2.05) is 0 Å². The summed E-state index contributed by atoms with van der Waals surface area (Å²) in [4.78, 5) is 0. The van der Waals surface area contributed by atoms with Gasteiger partial charge in [0.15, 0.2) is 9.84 Å². The number of sulfone groups is 1. The van der Waals surface area contributed by atoms with Crippen LogP contribution in [0.5, 0.6) is 0 Å².